The summed E-state index contributed by atoms with van der Waals surface area (Å²) >= 11 is 0. The van der Waals surface area contributed by atoms with Crippen LogP contribution in [0, 0.1) is 0 Å². The van der Waals surface area contributed by atoms with E-state index in [1.54, 1.807) is 0 Å². The monoisotopic (exact) mass is 268 g/mol. The van der Waals surface area contributed by atoms with Crippen LogP contribution in [0.4, 0.5) is 5.69 Å². The van der Waals surface area contributed by atoms with Crippen LogP contribution in [0.3, 0.4) is 0 Å². The summed E-state index contributed by atoms with van der Waals surface area (Å²) in [6.45, 7) is 6.04. The van der Waals surface area contributed by atoms with Crippen molar-refractivity contribution in [3.8, 4) is 5.88 Å². The molecule has 0 fully saturated rings. The highest BCUT2D eigenvalue weighted by molar-refractivity contribution is 5.59. The van der Waals surface area contributed by atoms with E-state index in [0.717, 1.165) is 25.4 Å². The Hall–Kier alpha value is -2.03. The Morgan fingerprint density at radius 1 is 1.25 bits per heavy atom. The maximum absolute atomic E-state index is 5.70. The number of hydrogen-bond acceptors (Lipinski definition) is 3. The first kappa shape index (κ1) is 13.0. The first-order valence-corrected chi connectivity index (χ1v) is 7.17. The molecule has 0 unspecified atom stereocenters. The lowest BCUT2D eigenvalue weighted by Gasteiger charge is -2.20. The third-order valence-electron chi connectivity index (χ3n) is 3.50. The van der Waals surface area contributed by atoms with E-state index in [2.05, 4.69) is 46.3 Å². The van der Waals surface area contributed by atoms with E-state index in [0.29, 0.717) is 0 Å². The fourth-order valence-corrected chi connectivity index (χ4v) is 2.59. The molecule has 0 spiro atoms. The second-order valence-electron chi connectivity index (χ2n) is 5.48. The zero-order valence-corrected chi connectivity index (χ0v) is 12.0. The highest BCUT2D eigenvalue weighted by Crippen LogP contribution is 2.31. The Morgan fingerprint density at radius 2 is 2.05 bits per heavy atom. The molecule has 0 bridgehead atoms. The van der Waals surface area contributed by atoms with Gasteiger partial charge in [0.1, 0.15) is 0 Å². The molecule has 1 aliphatic heterocycles. The standard InChI is InChI=1S/C17H20N2O/c1-13(2)20-17-10-16-15(11-18-17)8-9-19(16)12-14-6-4-3-5-7-14/h3-7,10-11,13H,8-9,12H2,1-2H3. The van der Waals surface area contributed by atoms with E-state index in [1.165, 1.54) is 16.8 Å². The van der Waals surface area contributed by atoms with E-state index in [4.69, 9.17) is 4.74 Å². The molecule has 3 heteroatoms. The molecule has 104 valence electrons. The Kier molecular flexibility index (Phi) is 3.59. The van der Waals surface area contributed by atoms with Crippen LogP contribution in [0.15, 0.2) is 42.6 Å². The van der Waals surface area contributed by atoms with Crippen LogP contribution in [-0.4, -0.2) is 17.6 Å². The molecular formula is C17H20N2O. The lowest BCUT2D eigenvalue weighted by molar-refractivity contribution is 0.232. The van der Waals surface area contributed by atoms with Crippen molar-refractivity contribution in [1.82, 2.24) is 4.98 Å². The fourth-order valence-electron chi connectivity index (χ4n) is 2.59. The summed E-state index contributed by atoms with van der Waals surface area (Å²) in [5, 5.41) is 0. The molecular weight excluding hydrogens is 248 g/mol. The van der Waals surface area contributed by atoms with Gasteiger partial charge in [-0.15, -0.1) is 0 Å². The van der Waals surface area contributed by atoms with Gasteiger partial charge in [-0.2, -0.15) is 0 Å². The molecule has 2 aromatic rings. The number of benzene rings is 1. The summed E-state index contributed by atoms with van der Waals surface area (Å²) in [6, 6.07) is 12.7. The Bertz CT molecular complexity index is 581. The molecule has 20 heavy (non-hydrogen) atoms. The topological polar surface area (TPSA) is 25.4 Å². The minimum absolute atomic E-state index is 0.157. The molecule has 3 nitrogen and oxygen atoms in total. The Morgan fingerprint density at radius 3 is 2.80 bits per heavy atom. The molecule has 0 N–H and O–H groups in total. The van der Waals surface area contributed by atoms with Gasteiger partial charge in [0.25, 0.3) is 0 Å². The molecule has 0 aliphatic carbocycles. The average molecular weight is 268 g/mol. The van der Waals surface area contributed by atoms with E-state index in [-0.39, 0.29) is 6.10 Å². The minimum Gasteiger partial charge on any atom is -0.475 e. The van der Waals surface area contributed by atoms with Gasteiger partial charge in [-0.05, 0) is 31.4 Å². The number of ether oxygens (including phenoxy) is 1. The fraction of sp³-hybridized carbons (Fsp3) is 0.353. The Balaban J connectivity index is 1.81. The van der Waals surface area contributed by atoms with Crippen molar-refractivity contribution in [3.63, 3.8) is 0 Å². The highest BCUT2D eigenvalue weighted by Gasteiger charge is 2.20. The van der Waals surface area contributed by atoms with Crippen molar-refractivity contribution in [2.24, 2.45) is 0 Å². The SMILES string of the molecule is CC(C)Oc1cc2c(cn1)CCN2Cc1ccccc1. The van der Waals surface area contributed by atoms with Gasteiger partial charge >= 0.3 is 0 Å². The van der Waals surface area contributed by atoms with Gasteiger partial charge in [0.2, 0.25) is 5.88 Å². The van der Waals surface area contributed by atoms with Crippen molar-refractivity contribution >= 4 is 5.69 Å². The summed E-state index contributed by atoms with van der Waals surface area (Å²) in [5.74, 6) is 0.721. The van der Waals surface area contributed by atoms with E-state index in [1.807, 2.05) is 20.0 Å². The van der Waals surface area contributed by atoms with Crippen LogP contribution in [0.25, 0.3) is 0 Å². The van der Waals surface area contributed by atoms with Crippen molar-refractivity contribution in [1.29, 1.82) is 0 Å². The van der Waals surface area contributed by atoms with E-state index in [9.17, 15) is 0 Å². The molecule has 1 aromatic heterocycles. The van der Waals surface area contributed by atoms with Crippen LogP contribution in [0.1, 0.15) is 25.0 Å². The van der Waals surface area contributed by atoms with Crippen molar-refractivity contribution in [2.75, 3.05) is 11.4 Å². The molecule has 0 saturated heterocycles. The molecule has 0 saturated carbocycles. The van der Waals surface area contributed by atoms with Crippen molar-refractivity contribution in [2.45, 2.75) is 32.9 Å². The van der Waals surface area contributed by atoms with Gasteiger partial charge in [-0.1, -0.05) is 30.3 Å². The lowest BCUT2D eigenvalue weighted by atomic mass is 10.2. The largest absolute Gasteiger partial charge is 0.475 e. The van der Waals surface area contributed by atoms with Gasteiger partial charge in [0, 0.05) is 31.0 Å². The molecule has 0 amide bonds. The van der Waals surface area contributed by atoms with Gasteiger partial charge < -0.3 is 9.64 Å². The first-order chi connectivity index (χ1) is 9.72. The van der Waals surface area contributed by atoms with Crippen molar-refractivity contribution in [3.05, 3.63) is 53.7 Å². The molecule has 1 aliphatic rings. The predicted octanol–water partition coefficient (Wildman–Crippen LogP) is 3.43. The molecule has 1 aromatic carbocycles. The van der Waals surface area contributed by atoms with Crippen LogP contribution in [0.5, 0.6) is 5.88 Å². The van der Waals surface area contributed by atoms with Gasteiger partial charge in [0.05, 0.1) is 6.10 Å². The van der Waals surface area contributed by atoms with Gasteiger partial charge in [0.15, 0.2) is 0 Å². The third-order valence-corrected chi connectivity index (χ3v) is 3.50. The Labute approximate surface area is 120 Å². The summed E-state index contributed by atoms with van der Waals surface area (Å²) in [4.78, 5) is 6.79. The number of pyridine rings is 1. The number of hydrogen-bond donors (Lipinski definition) is 0. The quantitative estimate of drug-likeness (QED) is 0.849. The van der Waals surface area contributed by atoms with Crippen LogP contribution < -0.4 is 9.64 Å². The number of aromatic nitrogens is 1. The second-order valence-corrected chi connectivity index (χ2v) is 5.48. The summed E-state index contributed by atoms with van der Waals surface area (Å²) in [7, 11) is 0. The normalized spacial score (nSPS) is 13.7. The number of fused-ring (bicyclic) bond motifs is 1. The molecule has 0 radical (unpaired) electrons. The number of rotatable bonds is 4. The summed E-state index contributed by atoms with van der Waals surface area (Å²) < 4.78 is 5.70. The molecule has 0 atom stereocenters. The van der Waals surface area contributed by atoms with Gasteiger partial charge in [-0.3, -0.25) is 0 Å². The highest BCUT2D eigenvalue weighted by atomic mass is 16.5. The van der Waals surface area contributed by atoms with Crippen LogP contribution in [0.2, 0.25) is 0 Å². The second kappa shape index (κ2) is 5.53. The summed E-state index contributed by atoms with van der Waals surface area (Å²) in [5.41, 5.74) is 3.92. The smallest absolute Gasteiger partial charge is 0.215 e. The summed E-state index contributed by atoms with van der Waals surface area (Å²) in [6.07, 6.45) is 3.18. The van der Waals surface area contributed by atoms with Crippen molar-refractivity contribution < 1.29 is 4.74 Å². The third kappa shape index (κ3) is 2.77. The predicted molar refractivity (Wildman–Crippen MR) is 81.2 cm³/mol. The van der Waals surface area contributed by atoms with Crippen LogP contribution >= 0.6 is 0 Å². The molecule has 3 rings (SSSR count). The first-order valence-electron chi connectivity index (χ1n) is 7.17. The van der Waals surface area contributed by atoms with Gasteiger partial charge in [-0.25, -0.2) is 4.98 Å². The molecule has 2 heterocycles. The zero-order valence-electron chi connectivity index (χ0n) is 12.0. The number of anilines is 1. The maximum Gasteiger partial charge on any atom is 0.215 e. The maximum atomic E-state index is 5.70. The van der Waals surface area contributed by atoms with Crippen LogP contribution in [-0.2, 0) is 13.0 Å². The number of nitrogens with zero attached hydrogens (tertiary/aromatic N) is 2. The average Bonchev–Trinajstić information content (AvgIpc) is 2.82. The lowest BCUT2D eigenvalue weighted by Crippen LogP contribution is -2.19. The minimum atomic E-state index is 0.157. The van der Waals surface area contributed by atoms with E-state index >= 15 is 0 Å². The zero-order chi connectivity index (χ0) is 13.9. The van der Waals surface area contributed by atoms with E-state index < -0.39 is 0 Å².